The van der Waals surface area contributed by atoms with E-state index < -0.39 is 21.7 Å². The summed E-state index contributed by atoms with van der Waals surface area (Å²) in [5.74, 6) is -0.928. The number of carbonyl (C=O) groups excluding carboxylic acids is 1. The normalized spacial score (nSPS) is 11.1. The summed E-state index contributed by atoms with van der Waals surface area (Å²) < 4.78 is 41.0. The molecule has 0 spiro atoms. The number of anilines is 2. The van der Waals surface area contributed by atoms with Crippen molar-refractivity contribution in [1.82, 2.24) is 0 Å². The molecule has 3 aromatic carbocycles. The summed E-state index contributed by atoms with van der Waals surface area (Å²) in [5, 5.41) is 3.02. The fourth-order valence-corrected chi connectivity index (χ4v) is 4.05. The molecule has 2 N–H and O–H groups in total. The lowest BCUT2D eigenvalue weighted by Crippen LogP contribution is -2.16. The van der Waals surface area contributed by atoms with E-state index in [-0.39, 0.29) is 10.5 Å². The van der Waals surface area contributed by atoms with Gasteiger partial charge in [-0.2, -0.15) is 0 Å². The average molecular weight is 419 g/mol. The number of aryl methyl sites for hydroxylation is 1. The maximum atomic E-state index is 13.0. The predicted octanol–water partition coefficient (Wildman–Crippen LogP) is 4.84. The van der Waals surface area contributed by atoms with Crippen LogP contribution in [0.4, 0.5) is 15.8 Å². The molecule has 28 heavy (non-hydrogen) atoms. The van der Waals surface area contributed by atoms with Crippen LogP contribution < -0.4 is 10.0 Å². The Morgan fingerprint density at radius 3 is 2.36 bits per heavy atom. The van der Waals surface area contributed by atoms with Crippen LogP contribution in [0.2, 0.25) is 5.02 Å². The summed E-state index contributed by atoms with van der Waals surface area (Å²) in [6.07, 6.45) is 0. The standard InChI is InChI=1S/C20H16ClFN2O3S/c1-13-5-10-17(23-20(25)14-6-8-16(22)9-7-14)12-19(13)28(26,27)24-18-4-2-3-15(21)11-18/h2-12,24H,1H3,(H,23,25). The zero-order valence-corrected chi connectivity index (χ0v) is 16.3. The van der Waals surface area contributed by atoms with Crippen LogP contribution in [0.25, 0.3) is 0 Å². The van der Waals surface area contributed by atoms with Crippen LogP contribution in [0.3, 0.4) is 0 Å². The van der Waals surface area contributed by atoms with Crippen LogP contribution >= 0.6 is 11.6 Å². The van der Waals surface area contributed by atoms with Gasteiger partial charge in [-0.05, 0) is 67.1 Å². The van der Waals surface area contributed by atoms with Crippen LogP contribution in [0.5, 0.6) is 0 Å². The number of sulfonamides is 1. The number of nitrogens with one attached hydrogen (secondary N) is 2. The minimum absolute atomic E-state index is 0.0179. The molecule has 5 nitrogen and oxygen atoms in total. The highest BCUT2D eigenvalue weighted by Crippen LogP contribution is 2.24. The molecule has 0 aliphatic heterocycles. The first-order chi connectivity index (χ1) is 13.2. The molecule has 0 heterocycles. The predicted molar refractivity (Wildman–Crippen MR) is 108 cm³/mol. The first kappa shape index (κ1) is 19.9. The Morgan fingerprint density at radius 1 is 0.964 bits per heavy atom. The van der Waals surface area contributed by atoms with Gasteiger partial charge in [-0.15, -0.1) is 0 Å². The van der Waals surface area contributed by atoms with Crippen molar-refractivity contribution in [3.05, 3.63) is 88.7 Å². The van der Waals surface area contributed by atoms with E-state index in [2.05, 4.69) is 10.0 Å². The van der Waals surface area contributed by atoms with E-state index in [1.807, 2.05) is 0 Å². The lowest BCUT2D eigenvalue weighted by atomic mass is 10.2. The van der Waals surface area contributed by atoms with Gasteiger partial charge in [-0.25, -0.2) is 12.8 Å². The molecule has 0 unspecified atom stereocenters. The van der Waals surface area contributed by atoms with E-state index in [1.54, 1.807) is 37.3 Å². The van der Waals surface area contributed by atoms with Gasteiger partial charge in [0.1, 0.15) is 5.82 Å². The number of benzene rings is 3. The number of halogens is 2. The molecule has 0 bridgehead atoms. The van der Waals surface area contributed by atoms with Gasteiger partial charge in [0.05, 0.1) is 10.6 Å². The summed E-state index contributed by atoms with van der Waals surface area (Å²) in [7, 11) is -3.90. The number of carbonyl (C=O) groups is 1. The Kier molecular flexibility index (Phi) is 5.67. The molecule has 8 heteroatoms. The van der Waals surface area contributed by atoms with Gasteiger partial charge >= 0.3 is 0 Å². The molecule has 0 saturated carbocycles. The molecular formula is C20H16ClFN2O3S. The maximum absolute atomic E-state index is 13.0. The number of amides is 1. The molecule has 3 rings (SSSR count). The van der Waals surface area contributed by atoms with Crippen LogP contribution in [-0.2, 0) is 10.0 Å². The lowest BCUT2D eigenvalue weighted by Gasteiger charge is -2.13. The smallest absolute Gasteiger partial charge is 0.262 e. The first-order valence-corrected chi connectivity index (χ1v) is 10.1. The Labute approximate surface area is 167 Å². The van der Waals surface area contributed by atoms with Gasteiger partial charge in [0.15, 0.2) is 0 Å². The van der Waals surface area contributed by atoms with E-state index in [0.29, 0.717) is 22.0 Å². The Bertz CT molecular complexity index is 1130. The molecule has 3 aromatic rings. The minimum Gasteiger partial charge on any atom is -0.322 e. The van der Waals surface area contributed by atoms with Gasteiger partial charge in [-0.3, -0.25) is 9.52 Å². The van der Waals surface area contributed by atoms with E-state index in [1.165, 1.54) is 36.4 Å². The van der Waals surface area contributed by atoms with Crippen LogP contribution in [0.15, 0.2) is 71.6 Å². The molecule has 0 saturated heterocycles. The van der Waals surface area contributed by atoms with Gasteiger partial charge in [0.25, 0.3) is 15.9 Å². The molecule has 0 atom stereocenters. The summed E-state index contributed by atoms with van der Waals surface area (Å²) in [6.45, 7) is 1.65. The average Bonchev–Trinajstić information content (AvgIpc) is 2.63. The van der Waals surface area contributed by atoms with Gasteiger partial charge < -0.3 is 5.32 Å². The van der Waals surface area contributed by atoms with Crippen molar-refractivity contribution >= 4 is 38.9 Å². The van der Waals surface area contributed by atoms with E-state index in [4.69, 9.17) is 11.6 Å². The van der Waals surface area contributed by atoms with Crippen LogP contribution in [0.1, 0.15) is 15.9 Å². The highest BCUT2D eigenvalue weighted by molar-refractivity contribution is 7.92. The third kappa shape index (κ3) is 4.68. The third-order valence-electron chi connectivity index (χ3n) is 3.92. The van der Waals surface area contributed by atoms with Crippen LogP contribution in [-0.4, -0.2) is 14.3 Å². The molecule has 0 aromatic heterocycles. The van der Waals surface area contributed by atoms with E-state index >= 15 is 0 Å². The van der Waals surface area contributed by atoms with E-state index in [9.17, 15) is 17.6 Å². The summed E-state index contributed by atoms with van der Waals surface area (Å²) in [6, 6.07) is 15.9. The molecule has 0 aliphatic rings. The summed E-state index contributed by atoms with van der Waals surface area (Å²) in [4.78, 5) is 12.3. The summed E-state index contributed by atoms with van der Waals surface area (Å²) >= 11 is 5.90. The van der Waals surface area contributed by atoms with Crippen molar-refractivity contribution in [3.8, 4) is 0 Å². The van der Waals surface area contributed by atoms with Crippen LogP contribution in [0, 0.1) is 12.7 Å². The molecular weight excluding hydrogens is 403 g/mol. The Morgan fingerprint density at radius 2 is 1.68 bits per heavy atom. The second-order valence-corrected chi connectivity index (χ2v) is 8.14. The van der Waals surface area contributed by atoms with E-state index in [0.717, 1.165) is 0 Å². The lowest BCUT2D eigenvalue weighted by molar-refractivity contribution is 0.102. The van der Waals surface area contributed by atoms with Crippen molar-refractivity contribution in [2.75, 3.05) is 10.0 Å². The highest BCUT2D eigenvalue weighted by atomic mass is 35.5. The quantitative estimate of drug-likeness (QED) is 0.622. The molecule has 0 aliphatic carbocycles. The minimum atomic E-state index is -3.90. The number of hydrogen-bond donors (Lipinski definition) is 2. The second kappa shape index (κ2) is 8.00. The second-order valence-electron chi connectivity index (χ2n) is 6.06. The van der Waals surface area contributed by atoms with Crippen molar-refractivity contribution < 1.29 is 17.6 Å². The van der Waals surface area contributed by atoms with Crippen molar-refractivity contribution in [2.24, 2.45) is 0 Å². The van der Waals surface area contributed by atoms with Crippen molar-refractivity contribution in [1.29, 1.82) is 0 Å². The largest absolute Gasteiger partial charge is 0.322 e. The van der Waals surface area contributed by atoms with Gasteiger partial charge in [-0.1, -0.05) is 23.7 Å². The number of rotatable bonds is 5. The van der Waals surface area contributed by atoms with Gasteiger partial charge in [0, 0.05) is 16.3 Å². The molecule has 144 valence electrons. The molecule has 1 amide bonds. The zero-order chi connectivity index (χ0) is 20.3. The molecule has 0 fully saturated rings. The van der Waals surface area contributed by atoms with Gasteiger partial charge in [0.2, 0.25) is 0 Å². The first-order valence-electron chi connectivity index (χ1n) is 8.20. The fraction of sp³-hybridized carbons (Fsp3) is 0.0500. The highest BCUT2D eigenvalue weighted by Gasteiger charge is 2.18. The fourth-order valence-electron chi connectivity index (χ4n) is 2.53. The van der Waals surface area contributed by atoms with Crippen molar-refractivity contribution in [2.45, 2.75) is 11.8 Å². The monoisotopic (exact) mass is 418 g/mol. The van der Waals surface area contributed by atoms with Crippen molar-refractivity contribution in [3.63, 3.8) is 0 Å². The SMILES string of the molecule is Cc1ccc(NC(=O)c2ccc(F)cc2)cc1S(=O)(=O)Nc1cccc(Cl)c1. The zero-order valence-electron chi connectivity index (χ0n) is 14.7. The topological polar surface area (TPSA) is 75.3 Å². The Hall–Kier alpha value is -2.90. The number of hydrogen-bond acceptors (Lipinski definition) is 3. The maximum Gasteiger partial charge on any atom is 0.262 e. The Balaban J connectivity index is 1.86. The molecule has 0 radical (unpaired) electrons. The summed E-state index contributed by atoms with van der Waals surface area (Å²) in [5.41, 5.74) is 1.39. The third-order valence-corrected chi connectivity index (χ3v) is 5.68.